The Kier molecular flexibility index (Phi) is 6.63. The molecule has 1 aromatic carbocycles. The van der Waals surface area contributed by atoms with Crippen LogP contribution in [0.2, 0.25) is 0 Å². The van der Waals surface area contributed by atoms with Crippen LogP contribution >= 0.6 is 17.0 Å². The quantitative estimate of drug-likeness (QED) is 0.597. The summed E-state index contributed by atoms with van der Waals surface area (Å²) in [5, 5.41) is 3.58. The van der Waals surface area contributed by atoms with Gasteiger partial charge in [-0.2, -0.15) is 0 Å². The number of hydrogen-bond donors (Lipinski definition) is 2. The second-order valence-corrected chi connectivity index (χ2v) is 8.30. The zero-order valence-corrected chi connectivity index (χ0v) is 18.5. The molecule has 3 heterocycles. The number of imidazole rings is 1. The van der Waals surface area contributed by atoms with E-state index in [-0.39, 0.29) is 17.0 Å². The first-order valence-corrected chi connectivity index (χ1v) is 10.7. The summed E-state index contributed by atoms with van der Waals surface area (Å²) in [5.41, 5.74) is 4.89. The van der Waals surface area contributed by atoms with Gasteiger partial charge in [0.05, 0.1) is 29.3 Å². The third kappa shape index (κ3) is 4.55. The molecule has 1 fully saturated rings. The van der Waals surface area contributed by atoms with Crippen LogP contribution in [0.4, 0.5) is 0 Å². The number of nitrogens with one attached hydrogen (secondary N) is 2. The van der Waals surface area contributed by atoms with Gasteiger partial charge in [-0.15, -0.1) is 17.0 Å². The Labute approximate surface area is 183 Å². The maximum absolute atomic E-state index is 4.86. The van der Waals surface area contributed by atoms with E-state index in [4.69, 9.17) is 9.97 Å². The van der Waals surface area contributed by atoms with Gasteiger partial charge in [-0.3, -0.25) is 9.88 Å². The minimum Gasteiger partial charge on any atom is -0.341 e. The number of para-hydroxylation sites is 2. The molecule has 1 saturated heterocycles. The minimum atomic E-state index is 0. The minimum absolute atomic E-state index is 0. The van der Waals surface area contributed by atoms with Gasteiger partial charge in [0.15, 0.2) is 0 Å². The number of nitrogens with zero attached hydrogens (tertiary/aromatic N) is 3. The molecule has 5 rings (SSSR count). The second kappa shape index (κ2) is 9.37. The average Bonchev–Trinajstić information content (AvgIpc) is 3.16. The molecule has 1 unspecified atom stereocenters. The number of benzene rings is 1. The first-order chi connectivity index (χ1) is 13.9. The Bertz CT molecular complexity index is 901. The highest BCUT2D eigenvalue weighted by Crippen LogP contribution is 2.34. The van der Waals surface area contributed by atoms with Gasteiger partial charge in [-0.05, 0) is 74.9 Å². The van der Waals surface area contributed by atoms with Crippen LogP contribution in [0.15, 0.2) is 42.6 Å². The number of H-pyrrole nitrogens is 1. The zero-order valence-electron chi connectivity index (χ0n) is 16.8. The molecule has 0 radical (unpaired) electrons. The maximum atomic E-state index is 4.86. The summed E-state index contributed by atoms with van der Waals surface area (Å²) >= 11 is 0. The molecule has 0 saturated carbocycles. The lowest BCUT2D eigenvalue weighted by atomic mass is 9.89. The number of hydrogen-bond acceptors (Lipinski definition) is 4. The Morgan fingerprint density at radius 1 is 1.07 bits per heavy atom. The molecule has 1 aliphatic carbocycles. The van der Waals surface area contributed by atoms with E-state index >= 15 is 0 Å². The van der Waals surface area contributed by atoms with Crippen LogP contribution < -0.4 is 5.32 Å². The van der Waals surface area contributed by atoms with Crippen molar-refractivity contribution in [2.75, 3.05) is 19.6 Å². The smallest absolute Gasteiger partial charge is 0.121 e. The fraction of sp³-hybridized carbons (Fsp3) is 0.478. The molecule has 6 heteroatoms. The largest absolute Gasteiger partial charge is 0.341 e. The number of piperidine rings is 1. The topological polar surface area (TPSA) is 56.8 Å². The van der Waals surface area contributed by atoms with Gasteiger partial charge in [0, 0.05) is 12.7 Å². The predicted molar refractivity (Wildman–Crippen MR) is 122 cm³/mol. The van der Waals surface area contributed by atoms with Crippen LogP contribution in [0.1, 0.15) is 48.8 Å². The van der Waals surface area contributed by atoms with Gasteiger partial charge in [0.2, 0.25) is 0 Å². The summed E-state index contributed by atoms with van der Waals surface area (Å²) in [6.45, 7) is 4.24. The number of aryl methyl sites for hydroxylation is 1. The lowest BCUT2D eigenvalue weighted by molar-refractivity contribution is 0.126. The van der Waals surface area contributed by atoms with Crippen LogP contribution in [0.5, 0.6) is 0 Å². The number of rotatable bonds is 5. The third-order valence-electron chi connectivity index (χ3n) is 6.29. The van der Waals surface area contributed by atoms with Crippen molar-refractivity contribution in [2.45, 2.75) is 44.7 Å². The molecule has 3 aromatic rings. The van der Waals surface area contributed by atoms with E-state index in [1.54, 1.807) is 0 Å². The fourth-order valence-electron chi connectivity index (χ4n) is 4.93. The highest BCUT2D eigenvalue weighted by atomic mass is 79.9. The predicted octanol–water partition coefficient (Wildman–Crippen LogP) is 4.42. The van der Waals surface area contributed by atoms with E-state index in [0.29, 0.717) is 12.0 Å². The summed E-state index contributed by atoms with van der Waals surface area (Å²) in [6.07, 6.45) is 8.13. The van der Waals surface area contributed by atoms with Gasteiger partial charge in [-0.1, -0.05) is 18.2 Å². The van der Waals surface area contributed by atoms with Gasteiger partial charge < -0.3 is 10.3 Å². The monoisotopic (exact) mass is 455 g/mol. The van der Waals surface area contributed by atoms with Crippen LogP contribution in [0.25, 0.3) is 11.0 Å². The number of aromatic nitrogens is 3. The Morgan fingerprint density at radius 2 is 2.00 bits per heavy atom. The molecule has 2 N–H and O–H groups in total. The molecule has 2 aromatic heterocycles. The number of halogens is 1. The SMILES string of the molecule is Br.c1cnc2c(c1)CCCC2N(Cc1nc2ccccc2[nH]1)C[C@@H]1CCCNC1. The van der Waals surface area contributed by atoms with Crippen LogP contribution in [-0.4, -0.2) is 39.5 Å². The number of aromatic amines is 1. The van der Waals surface area contributed by atoms with Gasteiger partial charge in [0.25, 0.3) is 0 Å². The molecule has 2 aliphatic rings. The second-order valence-electron chi connectivity index (χ2n) is 8.30. The summed E-state index contributed by atoms with van der Waals surface area (Å²) in [7, 11) is 0. The Morgan fingerprint density at radius 3 is 2.86 bits per heavy atom. The van der Waals surface area contributed by atoms with Crippen LogP contribution in [0.3, 0.4) is 0 Å². The summed E-state index contributed by atoms with van der Waals surface area (Å²) < 4.78 is 0. The van der Waals surface area contributed by atoms with Crippen molar-refractivity contribution in [3.8, 4) is 0 Å². The first kappa shape index (κ1) is 20.5. The summed E-state index contributed by atoms with van der Waals surface area (Å²) in [6, 6.07) is 13.0. The fourth-order valence-corrected chi connectivity index (χ4v) is 4.93. The van der Waals surface area contributed by atoms with Crippen LogP contribution in [0, 0.1) is 5.92 Å². The number of fused-ring (bicyclic) bond motifs is 2. The van der Waals surface area contributed by atoms with E-state index in [2.05, 4.69) is 51.6 Å². The molecule has 0 amide bonds. The number of pyridine rings is 1. The molecule has 5 nitrogen and oxygen atoms in total. The van der Waals surface area contributed by atoms with E-state index in [1.807, 2.05) is 6.20 Å². The Balaban J connectivity index is 0.00000205. The summed E-state index contributed by atoms with van der Waals surface area (Å²) in [5.74, 6) is 1.76. The van der Waals surface area contributed by atoms with Crippen molar-refractivity contribution in [2.24, 2.45) is 5.92 Å². The normalized spacial score (nSPS) is 21.7. The lowest BCUT2D eigenvalue weighted by Crippen LogP contribution is -2.40. The molecule has 1 aliphatic heterocycles. The van der Waals surface area contributed by atoms with Crippen molar-refractivity contribution in [1.29, 1.82) is 0 Å². The van der Waals surface area contributed by atoms with E-state index in [9.17, 15) is 0 Å². The third-order valence-corrected chi connectivity index (χ3v) is 6.29. The Hall–Kier alpha value is -1.76. The average molecular weight is 456 g/mol. The lowest BCUT2D eigenvalue weighted by Gasteiger charge is -2.37. The van der Waals surface area contributed by atoms with Crippen molar-refractivity contribution in [1.82, 2.24) is 25.2 Å². The van der Waals surface area contributed by atoms with E-state index in [0.717, 1.165) is 49.5 Å². The molecule has 0 bridgehead atoms. The zero-order chi connectivity index (χ0) is 18.8. The van der Waals surface area contributed by atoms with Crippen LogP contribution in [-0.2, 0) is 13.0 Å². The van der Waals surface area contributed by atoms with Crippen molar-refractivity contribution in [3.63, 3.8) is 0 Å². The molecular weight excluding hydrogens is 426 g/mol. The molecular formula is C23H30BrN5. The van der Waals surface area contributed by atoms with Crippen molar-refractivity contribution < 1.29 is 0 Å². The molecule has 154 valence electrons. The van der Waals surface area contributed by atoms with Gasteiger partial charge >= 0.3 is 0 Å². The maximum Gasteiger partial charge on any atom is 0.121 e. The summed E-state index contributed by atoms with van der Waals surface area (Å²) in [4.78, 5) is 15.9. The molecule has 2 atom stereocenters. The van der Waals surface area contributed by atoms with Crippen molar-refractivity contribution in [3.05, 3.63) is 59.7 Å². The standard InChI is InChI=1S/C23H29N5.BrH/c1-2-10-20-19(9-1)26-22(27-20)16-28(15-17-6-4-12-24-14-17)21-11-3-7-18-8-5-13-25-23(18)21;/h1-2,5,8-10,13,17,21,24H,3-4,6-7,11-12,14-16H2,(H,26,27);1H/t17-,21?;/m1./s1. The highest BCUT2D eigenvalue weighted by molar-refractivity contribution is 8.93. The molecule has 0 spiro atoms. The molecule has 29 heavy (non-hydrogen) atoms. The van der Waals surface area contributed by atoms with E-state index in [1.165, 1.54) is 36.9 Å². The van der Waals surface area contributed by atoms with Gasteiger partial charge in [0.1, 0.15) is 5.82 Å². The van der Waals surface area contributed by atoms with E-state index < -0.39 is 0 Å². The van der Waals surface area contributed by atoms with Crippen molar-refractivity contribution >= 4 is 28.0 Å². The first-order valence-electron chi connectivity index (χ1n) is 10.7. The highest BCUT2D eigenvalue weighted by Gasteiger charge is 2.30. The van der Waals surface area contributed by atoms with Gasteiger partial charge in [-0.25, -0.2) is 4.98 Å².